The molecule has 0 aromatic heterocycles. The fraction of sp³-hybridized carbons (Fsp3) is 1.00. The molecule has 2 nitrogen and oxygen atoms in total. The lowest BCUT2D eigenvalue weighted by Gasteiger charge is -2.37. The van der Waals surface area contributed by atoms with Crippen LogP contribution in [0.3, 0.4) is 0 Å². The first kappa shape index (κ1) is 14.8. The van der Waals surface area contributed by atoms with Gasteiger partial charge in [-0.05, 0) is 31.4 Å². The molecule has 0 aromatic rings. The van der Waals surface area contributed by atoms with Gasteiger partial charge in [-0.25, -0.2) is 0 Å². The van der Waals surface area contributed by atoms with Gasteiger partial charge in [-0.1, -0.05) is 13.3 Å². The molecule has 0 radical (unpaired) electrons. The molecule has 1 fully saturated rings. The fourth-order valence-electron chi connectivity index (χ4n) is 2.35. The Hall–Kier alpha value is 0.777. The van der Waals surface area contributed by atoms with Gasteiger partial charge in [0, 0.05) is 25.1 Å². The van der Waals surface area contributed by atoms with Crippen LogP contribution in [-0.2, 0) is 8.85 Å². The first-order valence-corrected chi connectivity index (χ1v) is 10.1. The predicted octanol–water partition coefficient (Wildman–Crippen LogP) is 3.91. The highest BCUT2D eigenvalue weighted by atomic mass is 35.5. The van der Waals surface area contributed by atoms with Gasteiger partial charge in [-0.3, -0.25) is 0 Å². The lowest BCUT2D eigenvalue weighted by atomic mass is 10.00. The van der Waals surface area contributed by atoms with Crippen molar-refractivity contribution in [2.75, 3.05) is 20.0 Å². The number of alkyl halides is 1. The summed E-state index contributed by atoms with van der Waals surface area (Å²) >= 11 is 8.18. The molecule has 1 rings (SSSR count). The minimum absolute atomic E-state index is 0.318. The van der Waals surface area contributed by atoms with Crippen LogP contribution in [0.5, 0.6) is 0 Å². The number of rotatable bonds is 6. The van der Waals surface area contributed by atoms with E-state index >= 15 is 0 Å². The molecule has 0 spiro atoms. The Morgan fingerprint density at radius 3 is 2.50 bits per heavy atom. The molecular formula is C11H23ClO2SSi. The number of hydrogen-bond donors (Lipinski definition) is 0. The number of hydrogen-bond acceptors (Lipinski definition) is 3. The van der Waals surface area contributed by atoms with E-state index in [1.54, 1.807) is 14.2 Å². The summed E-state index contributed by atoms with van der Waals surface area (Å²) in [4.78, 5) is 0. The standard InChI is InChI=1S/C11H23ClO2SSi/c1-4-8-15-16(13-2,14-3)11-7-5-6-10(12)9-11/h10-11H,4-9H2,1-3H3. The van der Waals surface area contributed by atoms with E-state index in [-0.39, 0.29) is 0 Å². The molecule has 0 aromatic carbocycles. The molecule has 2 unspecified atom stereocenters. The third kappa shape index (κ3) is 3.64. The minimum Gasteiger partial charge on any atom is -0.390 e. The summed E-state index contributed by atoms with van der Waals surface area (Å²) < 4.78 is 11.6. The molecule has 0 saturated heterocycles. The van der Waals surface area contributed by atoms with Crippen LogP contribution in [0.15, 0.2) is 0 Å². The van der Waals surface area contributed by atoms with Crippen molar-refractivity contribution in [1.29, 1.82) is 0 Å². The Kier molecular flexibility index (Phi) is 6.74. The van der Waals surface area contributed by atoms with Gasteiger partial charge in [0.25, 0.3) is 0 Å². The summed E-state index contributed by atoms with van der Waals surface area (Å²) in [5.74, 6) is 1.12. The Labute approximate surface area is 109 Å². The summed E-state index contributed by atoms with van der Waals surface area (Å²) in [5.41, 5.74) is 0.551. The van der Waals surface area contributed by atoms with Crippen LogP contribution in [0.1, 0.15) is 39.0 Å². The van der Waals surface area contributed by atoms with Crippen LogP contribution < -0.4 is 0 Å². The van der Waals surface area contributed by atoms with Crippen molar-refractivity contribution in [2.45, 2.75) is 49.9 Å². The molecule has 96 valence electrons. The zero-order valence-electron chi connectivity index (χ0n) is 10.5. The maximum absolute atomic E-state index is 6.27. The van der Waals surface area contributed by atoms with E-state index < -0.39 is 7.71 Å². The van der Waals surface area contributed by atoms with Crippen LogP contribution in [-0.4, -0.2) is 33.1 Å². The largest absolute Gasteiger partial charge is 0.408 e. The van der Waals surface area contributed by atoms with Gasteiger partial charge in [0.1, 0.15) is 0 Å². The third-order valence-electron chi connectivity index (χ3n) is 3.19. The number of halogens is 1. The van der Waals surface area contributed by atoms with E-state index in [1.165, 1.54) is 19.3 Å². The van der Waals surface area contributed by atoms with Gasteiger partial charge in [0.15, 0.2) is 0 Å². The molecule has 0 heterocycles. The molecule has 2 atom stereocenters. The molecule has 1 aliphatic rings. The van der Waals surface area contributed by atoms with E-state index in [9.17, 15) is 0 Å². The third-order valence-corrected chi connectivity index (χ3v) is 11.1. The van der Waals surface area contributed by atoms with Crippen molar-refractivity contribution in [2.24, 2.45) is 0 Å². The van der Waals surface area contributed by atoms with Gasteiger partial charge < -0.3 is 8.85 Å². The zero-order chi connectivity index (χ0) is 12.0. The van der Waals surface area contributed by atoms with Gasteiger partial charge >= 0.3 is 7.71 Å². The Balaban J connectivity index is 2.66. The fourth-order valence-corrected chi connectivity index (χ4v) is 9.31. The minimum atomic E-state index is -2.07. The van der Waals surface area contributed by atoms with Crippen molar-refractivity contribution in [3.8, 4) is 0 Å². The Bertz CT molecular complexity index is 202. The topological polar surface area (TPSA) is 18.5 Å². The van der Waals surface area contributed by atoms with Gasteiger partial charge in [-0.2, -0.15) is 0 Å². The van der Waals surface area contributed by atoms with E-state index in [0.29, 0.717) is 10.9 Å². The highest BCUT2D eigenvalue weighted by molar-refractivity contribution is 8.27. The SMILES string of the molecule is CCCS[Si](OC)(OC)C1CCCC(Cl)C1. The molecule has 0 bridgehead atoms. The molecule has 1 saturated carbocycles. The quantitative estimate of drug-likeness (QED) is 0.544. The monoisotopic (exact) mass is 282 g/mol. The van der Waals surface area contributed by atoms with Crippen molar-refractivity contribution < 1.29 is 8.85 Å². The lowest BCUT2D eigenvalue weighted by Crippen LogP contribution is -2.44. The second-order valence-electron chi connectivity index (χ2n) is 4.32. The molecule has 5 heteroatoms. The molecule has 0 N–H and O–H groups in total. The summed E-state index contributed by atoms with van der Waals surface area (Å²) in [6, 6.07) is 0. The first-order chi connectivity index (χ1) is 7.68. The Morgan fingerprint density at radius 2 is 2.00 bits per heavy atom. The van der Waals surface area contributed by atoms with Crippen LogP contribution >= 0.6 is 22.8 Å². The molecule has 1 aliphatic carbocycles. The van der Waals surface area contributed by atoms with Crippen molar-refractivity contribution in [3.63, 3.8) is 0 Å². The maximum Gasteiger partial charge on any atom is 0.408 e. The highest BCUT2D eigenvalue weighted by Crippen LogP contribution is 2.44. The van der Waals surface area contributed by atoms with Crippen molar-refractivity contribution in [3.05, 3.63) is 0 Å². The van der Waals surface area contributed by atoms with Gasteiger partial charge in [-0.15, -0.1) is 22.8 Å². The van der Waals surface area contributed by atoms with Crippen LogP contribution in [0.2, 0.25) is 5.54 Å². The van der Waals surface area contributed by atoms with E-state index in [0.717, 1.165) is 18.6 Å². The summed E-state index contributed by atoms with van der Waals surface area (Å²) in [6.45, 7) is 2.20. The van der Waals surface area contributed by atoms with E-state index in [1.807, 2.05) is 11.2 Å². The molecular weight excluding hydrogens is 260 g/mol. The molecule has 0 amide bonds. The lowest BCUT2D eigenvalue weighted by molar-refractivity contribution is 0.243. The van der Waals surface area contributed by atoms with E-state index in [4.69, 9.17) is 20.5 Å². The Morgan fingerprint density at radius 1 is 1.31 bits per heavy atom. The smallest absolute Gasteiger partial charge is 0.390 e. The van der Waals surface area contributed by atoms with E-state index in [2.05, 4.69) is 6.92 Å². The predicted molar refractivity (Wildman–Crippen MR) is 74.4 cm³/mol. The highest BCUT2D eigenvalue weighted by Gasteiger charge is 2.47. The average molecular weight is 283 g/mol. The normalized spacial score (nSPS) is 27.0. The van der Waals surface area contributed by atoms with Gasteiger partial charge in [0.05, 0.1) is 0 Å². The summed E-state index contributed by atoms with van der Waals surface area (Å²) in [7, 11) is 1.53. The zero-order valence-corrected chi connectivity index (χ0v) is 13.1. The van der Waals surface area contributed by atoms with Crippen LogP contribution in [0, 0.1) is 0 Å². The average Bonchev–Trinajstić information content (AvgIpc) is 2.31. The van der Waals surface area contributed by atoms with Crippen LogP contribution in [0.25, 0.3) is 0 Å². The first-order valence-electron chi connectivity index (χ1n) is 6.06. The summed E-state index contributed by atoms with van der Waals surface area (Å²) in [5, 5.41) is 0.318. The van der Waals surface area contributed by atoms with Gasteiger partial charge in [0.2, 0.25) is 0 Å². The molecule has 0 aliphatic heterocycles. The summed E-state index contributed by atoms with van der Waals surface area (Å²) in [6.07, 6.45) is 5.81. The second-order valence-corrected chi connectivity index (χ2v) is 11.0. The second kappa shape index (κ2) is 7.26. The maximum atomic E-state index is 6.27. The molecule has 16 heavy (non-hydrogen) atoms. The van der Waals surface area contributed by atoms with Crippen molar-refractivity contribution in [1.82, 2.24) is 0 Å². The van der Waals surface area contributed by atoms with Crippen LogP contribution in [0.4, 0.5) is 0 Å². The van der Waals surface area contributed by atoms with Crippen molar-refractivity contribution >= 4 is 30.5 Å².